The number of fused-ring (bicyclic) bond motifs is 1. The molecule has 6 heteroatoms. The van der Waals surface area contributed by atoms with Crippen molar-refractivity contribution in [2.24, 2.45) is 0 Å². The second-order valence-corrected chi connectivity index (χ2v) is 6.39. The van der Waals surface area contributed by atoms with Gasteiger partial charge in [-0.3, -0.25) is 9.59 Å². The molecule has 0 aliphatic carbocycles. The predicted molar refractivity (Wildman–Crippen MR) is 97.0 cm³/mol. The van der Waals surface area contributed by atoms with Crippen molar-refractivity contribution in [3.05, 3.63) is 58.1 Å². The molecule has 124 valence electrons. The monoisotopic (exact) mass is 362 g/mol. The van der Waals surface area contributed by atoms with Gasteiger partial charge in [-0.2, -0.15) is 0 Å². The van der Waals surface area contributed by atoms with E-state index >= 15 is 0 Å². The van der Waals surface area contributed by atoms with Crippen molar-refractivity contribution in [2.75, 3.05) is 22.9 Å². The Morgan fingerprint density at radius 1 is 1.12 bits per heavy atom. The van der Waals surface area contributed by atoms with E-state index < -0.39 is 0 Å². The van der Waals surface area contributed by atoms with Gasteiger partial charge in [-0.15, -0.1) is 0 Å². The number of halogens is 2. The molecule has 0 radical (unpaired) electrons. The molecule has 2 aromatic carbocycles. The van der Waals surface area contributed by atoms with Crippen molar-refractivity contribution >= 4 is 46.4 Å². The fraction of sp³-hybridized carbons (Fsp3) is 0.222. The van der Waals surface area contributed by atoms with Gasteiger partial charge in [0.15, 0.2) is 0 Å². The van der Waals surface area contributed by atoms with Crippen LogP contribution in [0.1, 0.15) is 12.5 Å². The molecule has 0 saturated heterocycles. The minimum absolute atomic E-state index is 0.0796. The minimum Gasteiger partial charge on any atom is -0.310 e. The summed E-state index contributed by atoms with van der Waals surface area (Å²) in [6.45, 7) is 1.94. The third kappa shape index (κ3) is 3.12. The van der Waals surface area contributed by atoms with E-state index in [2.05, 4.69) is 0 Å². The van der Waals surface area contributed by atoms with Gasteiger partial charge in [0.25, 0.3) is 0 Å². The third-order valence-electron chi connectivity index (χ3n) is 4.08. The molecule has 0 N–H and O–H groups in total. The summed E-state index contributed by atoms with van der Waals surface area (Å²) >= 11 is 12.2. The highest BCUT2D eigenvalue weighted by Crippen LogP contribution is 2.33. The zero-order valence-electron chi connectivity index (χ0n) is 13.1. The predicted octanol–water partition coefficient (Wildman–Crippen LogP) is 3.94. The minimum atomic E-state index is -0.264. The summed E-state index contributed by atoms with van der Waals surface area (Å²) in [6, 6.07) is 12.8. The van der Waals surface area contributed by atoms with E-state index in [1.807, 2.05) is 24.3 Å². The quantitative estimate of drug-likeness (QED) is 0.829. The molecule has 4 nitrogen and oxygen atoms in total. The van der Waals surface area contributed by atoms with E-state index in [9.17, 15) is 9.59 Å². The standard InChI is InChI=1S/C18H16Cl2N2O2/c1-12(23)22(16-8-4-6-14(19)18(16)20)11-17(24)21-10-9-13-5-2-3-7-15(13)21/h2-8H,9-11H2,1H3. The van der Waals surface area contributed by atoms with Crippen LogP contribution in [0, 0.1) is 0 Å². The Labute approximate surface area is 150 Å². The third-order valence-corrected chi connectivity index (χ3v) is 4.89. The van der Waals surface area contributed by atoms with Crippen molar-refractivity contribution in [3.8, 4) is 0 Å². The van der Waals surface area contributed by atoms with Crippen LogP contribution in [0.4, 0.5) is 11.4 Å². The van der Waals surface area contributed by atoms with Gasteiger partial charge < -0.3 is 9.80 Å². The number of rotatable bonds is 3. The lowest BCUT2D eigenvalue weighted by molar-refractivity contribution is -0.121. The first-order valence-electron chi connectivity index (χ1n) is 7.59. The average Bonchev–Trinajstić information content (AvgIpc) is 2.99. The number of carbonyl (C=O) groups excluding carboxylic acids is 2. The highest BCUT2D eigenvalue weighted by atomic mass is 35.5. The van der Waals surface area contributed by atoms with E-state index in [1.54, 1.807) is 23.1 Å². The molecule has 0 unspecified atom stereocenters. The van der Waals surface area contributed by atoms with Crippen molar-refractivity contribution in [2.45, 2.75) is 13.3 Å². The molecule has 2 amide bonds. The SMILES string of the molecule is CC(=O)N(CC(=O)N1CCc2ccccc21)c1cccc(Cl)c1Cl. The van der Waals surface area contributed by atoms with Gasteiger partial charge in [0.2, 0.25) is 11.8 Å². The van der Waals surface area contributed by atoms with Crippen LogP contribution < -0.4 is 9.80 Å². The molecule has 2 aromatic rings. The first-order chi connectivity index (χ1) is 11.5. The largest absolute Gasteiger partial charge is 0.310 e. The number of hydrogen-bond acceptors (Lipinski definition) is 2. The summed E-state index contributed by atoms with van der Waals surface area (Å²) in [5.41, 5.74) is 2.49. The van der Waals surface area contributed by atoms with Crippen LogP contribution in [0.15, 0.2) is 42.5 Å². The Hall–Kier alpha value is -2.04. The second-order valence-electron chi connectivity index (χ2n) is 5.60. The summed E-state index contributed by atoms with van der Waals surface area (Å²) in [7, 11) is 0. The van der Waals surface area contributed by atoms with Gasteiger partial charge in [-0.25, -0.2) is 0 Å². The van der Waals surface area contributed by atoms with Gasteiger partial charge >= 0.3 is 0 Å². The number of anilines is 2. The highest BCUT2D eigenvalue weighted by Gasteiger charge is 2.27. The van der Waals surface area contributed by atoms with E-state index in [4.69, 9.17) is 23.2 Å². The van der Waals surface area contributed by atoms with E-state index in [0.717, 1.165) is 17.7 Å². The van der Waals surface area contributed by atoms with Crippen LogP contribution in [0.2, 0.25) is 10.0 Å². The molecular formula is C18H16Cl2N2O2. The Balaban J connectivity index is 1.86. The van der Waals surface area contributed by atoms with E-state index in [0.29, 0.717) is 17.3 Å². The summed E-state index contributed by atoms with van der Waals surface area (Å²) in [6.07, 6.45) is 0.819. The fourth-order valence-electron chi connectivity index (χ4n) is 2.88. The molecular weight excluding hydrogens is 347 g/mol. The molecule has 0 bridgehead atoms. The molecule has 1 heterocycles. The second kappa shape index (κ2) is 6.83. The smallest absolute Gasteiger partial charge is 0.247 e. The lowest BCUT2D eigenvalue weighted by Crippen LogP contribution is -2.42. The maximum Gasteiger partial charge on any atom is 0.247 e. The number of amides is 2. The van der Waals surface area contributed by atoms with Gasteiger partial charge in [0.1, 0.15) is 6.54 Å². The van der Waals surface area contributed by atoms with Crippen LogP contribution in [0.25, 0.3) is 0 Å². The molecule has 0 aromatic heterocycles. The maximum atomic E-state index is 12.7. The first-order valence-corrected chi connectivity index (χ1v) is 8.35. The zero-order chi connectivity index (χ0) is 17.3. The molecule has 0 spiro atoms. The number of hydrogen-bond donors (Lipinski definition) is 0. The summed E-state index contributed by atoms with van der Waals surface area (Å²) in [5, 5.41) is 0.614. The van der Waals surface area contributed by atoms with Crippen LogP contribution in [-0.4, -0.2) is 24.9 Å². The van der Waals surface area contributed by atoms with Crippen molar-refractivity contribution in [1.82, 2.24) is 0 Å². The molecule has 0 fully saturated rings. The zero-order valence-corrected chi connectivity index (χ0v) is 14.6. The van der Waals surface area contributed by atoms with E-state index in [1.165, 1.54) is 11.8 Å². The Bertz CT molecular complexity index is 807. The van der Waals surface area contributed by atoms with E-state index in [-0.39, 0.29) is 23.4 Å². The van der Waals surface area contributed by atoms with Gasteiger partial charge in [0.05, 0.1) is 15.7 Å². The van der Waals surface area contributed by atoms with Crippen LogP contribution in [0.5, 0.6) is 0 Å². The topological polar surface area (TPSA) is 40.6 Å². The number of para-hydroxylation sites is 1. The highest BCUT2D eigenvalue weighted by molar-refractivity contribution is 6.44. The lowest BCUT2D eigenvalue weighted by Gasteiger charge is -2.25. The maximum absolute atomic E-state index is 12.7. The molecule has 0 saturated carbocycles. The number of nitrogens with zero attached hydrogens (tertiary/aromatic N) is 2. The van der Waals surface area contributed by atoms with Crippen molar-refractivity contribution in [1.29, 1.82) is 0 Å². The molecule has 3 rings (SSSR count). The van der Waals surface area contributed by atoms with Crippen LogP contribution in [0.3, 0.4) is 0 Å². The van der Waals surface area contributed by atoms with Gasteiger partial charge in [0, 0.05) is 19.2 Å². The summed E-state index contributed by atoms with van der Waals surface area (Å²) in [5.74, 6) is -0.411. The Morgan fingerprint density at radius 3 is 2.62 bits per heavy atom. The van der Waals surface area contributed by atoms with Crippen molar-refractivity contribution in [3.63, 3.8) is 0 Å². The Morgan fingerprint density at radius 2 is 1.88 bits per heavy atom. The van der Waals surface area contributed by atoms with Gasteiger partial charge in [-0.05, 0) is 30.2 Å². The van der Waals surface area contributed by atoms with Gasteiger partial charge in [-0.1, -0.05) is 47.5 Å². The first kappa shape index (κ1) is 16.8. The molecule has 24 heavy (non-hydrogen) atoms. The lowest BCUT2D eigenvalue weighted by atomic mass is 10.2. The summed E-state index contributed by atoms with van der Waals surface area (Å²) in [4.78, 5) is 27.9. The molecule has 0 atom stereocenters. The number of carbonyl (C=O) groups is 2. The Kier molecular flexibility index (Phi) is 4.78. The average molecular weight is 363 g/mol. The normalized spacial score (nSPS) is 12.9. The fourth-order valence-corrected chi connectivity index (χ4v) is 3.28. The summed E-state index contributed by atoms with van der Waals surface area (Å²) < 4.78 is 0. The molecule has 1 aliphatic rings. The molecule has 1 aliphatic heterocycles. The number of benzene rings is 2. The van der Waals surface area contributed by atoms with Crippen LogP contribution >= 0.6 is 23.2 Å². The van der Waals surface area contributed by atoms with Crippen molar-refractivity contribution < 1.29 is 9.59 Å². The van der Waals surface area contributed by atoms with Crippen LogP contribution in [-0.2, 0) is 16.0 Å².